The number of halogens is 3. The molecule has 0 fully saturated rings. The van der Waals surface area contributed by atoms with Gasteiger partial charge < -0.3 is 14.7 Å². The summed E-state index contributed by atoms with van der Waals surface area (Å²) in [5.74, 6) is 0. The Balaban J connectivity index is 0.000000136. The van der Waals surface area contributed by atoms with Gasteiger partial charge in [-0.15, -0.1) is 0 Å². The molecule has 0 radical (unpaired) electrons. The first kappa shape index (κ1) is 82.2. The van der Waals surface area contributed by atoms with E-state index in [0.29, 0.717) is 5.56 Å². The van der Waals surface area contributed by atoms with Crippen molar-refractivity contribution in [2.45, 2.75) is 33.5 Å². The third kappa shape index (κ3) is 19.8. The fraction of sp³-hybridized carbons (Fsp3) is 0.0439. The molecule has 0 amide bonds. The fourth-order valence-corrected chi connectivity index (χ4v) is 17.5. The maximum absolute atomic E-state index is 9.11. The molecule has 0 saturated carbocycles. The van der Waals surface area contributed by atoms with Crippen molar-refractivity contribution in [2.75, 3.05) is 14.7 Å². The van der Waals surface area contributed by atoms with Gasteiger partial charge in [-0.05, 0) is 283 Å². The topological polar surface area (TPSA) is 33.5 Å². The van der Waals surface area contributed by atoms with E-state index in [4.69, 9.17) is 5.26 Å². The zero-order chi connectivity index (χ0) is 83.9. The summed E-state index contributed by atoms with van der Waals surface area (Å²) in [6.07, 6.45) is 0. The molecule has 590 valence electrons. The maximum atomic E-state index is 9.11. The van der Waals surface area contributed by atoms with E-state index < -0.39 is 8.07 Å². The molecule has 18 aromatic carbocycles. The molecule has 0 heterocycles. The van der Waals surface area contributed by atoms with E-state index in [9.17, 15) is 0 Å². The molecule has 18 rings (SSSR count). The van der Waals surface area contributed by atoms with Crippen LogP contribution in [0.2, 0.25) is 19.6 Å². The molecule has 18 aromatic rings. The van der Waals surface area contributed by atoms with Crippen molar-refractivity contribution in [1.82, 2.24) is 0 Å². The number of benzene rings is 18. The molecule has 0 saturated heterocycles. The van der Waals surface area contributed by atoms with Gasteiger partial charge in [0.05, 0.1) is 19.7 Å². The number of nitrogens with zero attached hydrogens (tertiary/aromatic N) is 4. The summed E-state index contributed by atoms with van der Waals surface area (Å²) in [4.78, 5) is 6.99. The summed E-state index contributed by atoms with van der Waals surface area (Å²) >= 11 is 10.6. The van der Waals surface area contributed by atoms with Gasteiger partial charge >= 0.3 is 0 Å². The van der Waals surface area contributed by atoms with E-state index in [1.807, 2.05) is 24.3 Å². The SMILES string of the molecule is Brc1ccc(-c2ccc(-c3ccc(N(c4ccc(-c5ccccc5)cc4)c4ccc(-c5ccccc5)cc4)cc3)cc2)cc1.C[Si](C)(C)c1ccc(N(c2ccc(-c3ccc(Br)cc3)cc2)c2ccc(-c3ccc(C#N)cc3)cc2)cc1.Cc1cc(N(c2ccc(-c3ccc(Br)cc3)cc2)c2ccc(-c3ccccc3)c(C)c2)ccc1-c1ccccc1. The van der Waals surface area contributed by atoms with Crippen LogP contribution in [0.1, 0.15) is 16.7 Å². The first-order valence-corrected chi connectivity index (χ1v) is 46.9. The molecule has 0 aliphatic heterocycles. The van der Waals surface area contributed by atoms with Gasteiger partial charge in [-0.3, -0.25) is 0 Å². The fourth-order valence-electron chi connectivity index (χ4n) is 15.5. The quantitative estimate of drug-likeness (QED) is 0.0756. The smallest absolute Gasteiger partial charge is 0.0991 e. The first-order chi connectivity index (χ1) is 59.6. The standard InChI is InChI=1S/C42H30BrN.C38H30BrN.C34H29BrN2Si/c43-39-23-15-35(16-24-39)33-11-13-34(14-12-33)38-21-29-42(30-22-38)44(40-25-17-36(18-26-40)31-7-3-1-4-8-31)41-27-19-37(20-28-41)32-9-5-2-6-10-32;1-27-25-35(21-23-37(27)31-9-5-3-6-10-31)40(34-19-15-30(16-20-34)29-13-17-33(39)18-14-29)36-22-24-38(28(2)26-36)32-11-7-4-8-12-32;1-38(2,3)34-22-20-33(21-23-34)37(32-18-12-29(13-19-32)27-8-14-30(35)15-9-27)31-16-10-28(11-17-31)26-6-4-25(24-36)5-7-26/h1-30H;3-26H,1-2H3;4-23H,1-3H3. The van der Waals surface area contributed by atoms with Gasteiger partial charge in [-0.1, -0.05) is 364 Å². The average molecular weight is 1780 g/mol. The Morgan fingerprint density at radius 1 is 0.205 bits per heavy atom. The van der Waals surface area contributed by atoms with Gasteiger partial charge in [0.2, 0.25) is 0 Å². The molecule has 0 aliphatic rings. The van der Waals surface area contributed by atoms with Crippen molar-refractivity contribution in [3.05, 3.63) is 479 Å². The van der Waals surface area contributed by atoms with Crippen LogP contribution in [0, 0.1) is 25.2 Å². The highest BCUT2D eigenvalue weighted by atomic mass is 79.9. The highest BCUT2D eigenvalue weighted by Gasteiger charge is 2.22. The molecule has 0 N–H and O–H groups in total. The summed E-state index contributed by atoms with van der Waals surface area (Å²) in [6.45, 7) is 11.5. The lowest BCUT2D eigenvalue weighted by atomic mass is 9.98. The normalized spacial score (nSPS) is 10.9. The molecular weight excluding hydrogens is 1690 g/mol. The van der Waals surface area contributed by atoms with Crippen molar-refractivity contribution in [3.63, 3.8) is 0 Å². The minimum atomic E-state index is -1.39. The molecule has 4 nitrogen and oxygen atoms in total. The zero-order valence-corrected chi connectivity index (χ0v) is 74.4. The molecule has 0 aromatic heterocycles. The molecule has 0 spiro atoms. The lowest BCUT2D eigenvalue weighted by Gasteiger charge is -2.27. The first-order valence-electron chi connectivity index (χ1n) is 41.0. The second-order valence-electron chi connectivity index (χ2n) is 31.3. The zero-order valence-electron chi connectivity index (χ0n) is 68.6. The van der Waals surface area contributed by atoms with Crippen LogP contribution in [-0.2, 0) is 0 Å². The van der Waals surface area contributed by atoms with Crippen molar-refractivity contribution >= 4 is 112 Å². The average Bonchev–Trinajstić information content (AvgIpc) is 0.775. The maximum Gasteiger partial charge on any atom is 0.0991 e. The Kier molecular flexibility index (Phi) is 25.8. The van der Waals surface area contributed by atoms with Crippen LogP contribution in [0.25, 0.3) is 100 Å². The van der Waals surface area contributed by atoms with Crippen molar-refractivity contribution < 1.29 is 0 Å². The molecular formula is C114H89Br3N4Si. The Morgan fingerprint density at radius 3 is 0.607 bits per heavy atom. The van der Waals surface area contributed by atoms with Gasteiger partial charge in [-0.25, -0.2) is 0 Å². The lowest BCUT2D eigenvalue weighted by Crippen LogP contribution is -2.37. The van der Waals surface area contributed by atoms with Crippen LogP contribution in [-0.4, -0.2) is 8.07 Å². The lowest BCUT2D eigenvalue weighted by molar-refractivity contribution is 1.26. The summed E-state index contributed by atoms with van der Waals surface area (Å²) in [5.41, 5.74) is 34.9. The van der Waals surface area contributed by atoms with Gasteiger partial charge in [0.1, 0.15) is 0 Å². The second kappa shape index (κ2) is 38.3. The van der Waals surface area contributed by atoms with Gasteiger partial charge in [-0.2, -0.15) is 5.26 Å². The number of anilines is 9. The van der Waals surface area contributed by atoms with Crippen LogP contribution in [0.4, 0.5) is 51.2 Å². The Hall–Kier alpha value is -13.5. The van der Waals surface area contributed by atoms with E-state index in [1.165, 1.54) is 105 Å². The van der Waals surface area contributed by atoms with E-state index in [2.05, 4.69) is 527 Å². The van der Waals surface area contributed by atoms with E-state index in [-0.39, 0.29) is 0 Å². The second-order valence-corrected chi connectivity index (χ2v) is 39.2. The third-order valence-corrected chi connectivity index (χ3v) is 25.8. The molecule has 0 atom stereocenters. The Bertz CT molecular complexity index is 6360. The van der Waals surface area contributed by atoms with Crippen LogP contribution in [0.5, 0.6) is 0 Å². The number of hydrogen-bond acceptors (Lipinski definition) is 4. The predicted molar refractivity (Wildman–Crippen MR) is 533 cm³/mol. The van der Waals surface area contributed by atoms with Crippen molar-refractivity contribution in [2.24, 2.45) is 0 Å². The van der Waals surface area contributed by atoms with Gasteiger partial charge in [0.15, 0.2) is 0 Å². The van der Waals surface area contributed by atoms with Gasteiger partial charge in [0, 0.05) is 64.6 Å². The van der Waals surface area contributed by atoms with Crippen LogP contribution < -0.4 is 19.9 Å². The van der Waals surface area contributed by atoms with E-state index in [0.717, 1.165) is 75.7 Å². The van der Waals surface area contributed by atoms with Crippen molar-refractivity contribution in [3.8, 4) is 106 Å². The highest BCUT2D eigenvalue weighted by Crippen LogP contribution is 2.44. The third-order valence-electron chi connectivity index (χ3n) is 22.2. The summed E-state index contributed by atoms with van der Waals surface area (Å²) in [5, 5.41) is 10.6. The predicted octanol–water partition coefficient (Wildman–Crippen LogP) is 33.8. The Morgan fingerprint density at radius 2 is 0.385 bits per heavy atom. The minimum Gasteiger partial charge on any atom is -0.311 e. The van der Waals surface area contributed by atoms with E-state index in [1.54, 1.807) is 0 Å². The molecule has 0 aliphatic carbocycles. The summed E-state index contributed by atoms with van der Waals surface area (Å²) in [6, 6.07) is 162. The number of rotatable bonds is 19. The van der Waals surface area contributed by atoms with Crippen LogP contribution >= 0.6 is 47.8 Å². The molecule has 8 heteroatoms. The monoisotopic (exact) mass is 1780 g/mol. The number of nitriles is 1. The van der Waals surface area contributed by atoms with E-state index >= 15 is 0 Å². The van der Waals surface area contributed by atoms with Crippen LogP contribution in [0.15, 0.2) is 462 Å². The summed E-state index contributed by atoms with van der Waals surface area (Å²) < 4.78 is 3.25. The highest BCUT2D eigenvalue weighted by molar-refractivity contribution is 9.11. The van der Waals surface area contributed by atoms with Crippen molar-refractivity contribution in [1.29, 1.82) is 5.26 Å². The van der Waals surface area contributed by atoms with Gasteiger partial charge in [0.25, 0.3) is 0 Å². The molecule has 0 bridgehead atoms. The Labute approximate surface area is 744 Å². The number of aryl methyl sites for hydroxylation is 2. The number of hydrogen-bond donors (Lipinski definition) is 0. The molecule has 122 heavy (non-hydrogen) atoms. The largest absolute Gasteiger partial charge is 0.311 e. The van der Waals surface area contributed by atoms with Crippen LogP contribution in [0.3, 0.4) is 0 Å². The summed E-state index contributed by atoms with van der Waals surface area (Å²) in [7, 11) is -1.39. The molecule has 0 unspecified atom stereocenters. The minimum absolute atomic E-state index is 0.671.